The number of rotatable bonds is 4. The number of piperidine rings is 1. The van der Waals surface area contributed by atoms with Crippen molar-refractivity contribution in [2.45, 2.75) is 45.5 Å². The second-order valence-electron chi connectivity index (χ2n) is 6.41. The summed E-state index contributed by atoms with van der Waals surface area (Å²) < 4.78 is 27.2. The van der Waals surface area contributed by atoms with Gasteiger partial charge in [-0.25, -0.2) is 8.42 Å². The van der Waals surface area contributed by atoms with E-state index in [0.717, 1.165) is 17.5 Å². The smallest absolute Gasteiger partial charge is 0.218 e. The van der Waals surface area contributed by atoms with E-state index in [9.17, 15) is 8.42 Å². The minimum Gasteiger partial charge on any atom is -0.326 e. The third-order valence-electron chi connectivity index (χ3n) is 4.48. The van der Waals surface area contributed by atoms with Crippen molar-refractivity contribution in [1.82, 2.24) is 4.31 Å². The average Bonchev–Trinajstić information content (AvgIpc) is 2.42. The lowest BCUT2D eigenvalue weighted by molar-refractivity contribution is 0.157. The fourth-order valence-corrected chi connectivity index (χ4v) is 5.13. The van der Waals surface area contributed by atoms with Crippen LogP contribution in [0.3, 0.4) is 0 Å². The van der Waals surface area contributed by atoms with Gasteiger partial charge in [0.25, 0.3) is 0 Å². The lowest BCUT2D eigenvalue weighted by atomic mass is 9.88. The molecule has 1 aromatic carbocycles. The van der Waals surface area contributed by atoms with Gasteiger partial charge in [0.2, 0.25) is 10.0 Å². The van der Waals surface area contributed by atoms with Gasteiger partial charge in [0.1, 0.15) is 0 Å². The SMILES string of the molecule is CC1CC(C)C(C)N(S(=O)(=O)Cc2cccc(CN)c2)C1. The van der Waals surface area contributed by atoms with Crippen molar-refractivity contribution >= 4 is 10.0 Å². The van der Waals surface area contributed by atoms with Gasteiger partial charge in [0.15, 0.2) is 0 Å². The Morgan fingerprint density at radius 3 is 2.57 bits per heavy atom. The molecular formula is C16H26N2O2S. The zero-order chi connectivity index (χ0) is 15.6. The largest absolute Gasteiger partial charge is 0.326 e. The van der Waals surface area contributed by atoms with E-state index in [1.165, 1.54) is 0 Å². The van der Waals surface area contributed by atoms with Crippen molar-refractivity contribution in [3.05, 3.63) is 35.4 Å². The Morgan fingerprint density at radius 2 is 1.90 bits per heavy atom. The zero-order valence-electron chi connectivity index (χ0n) is 13.1. The van der Waals surface area contributed by atoms with Gasteiger partial charge in [-0.15, -0.1) is 0 Å². The molecule has 0 amide bonds. The maximum Gasteiger partial charge on any atom is 0.218 e. The molecule has 1 heterocycles. The van der Waals surface area contributed by atoms with E-state index in [1.54, 1.807) is 4.31 Å². The maximum absolute atomic E-state index is 12.8. The molecule has 0 radical (unpaired) electrons. The monoisotopic (exact) mass is 310 g/mol. The van der Waals surface area contributed by atoms with E-state index < -0.39 is 10.0 Å². The molecule has 3 atom stereocenters. The summed E-state index contributed by atoms with van der Waals surface area (Å²) in [4.78, 5) is 0. The van der Waals surface area contributed by atoms with Crippen molar-refractivity contribution in [2.24, 2.45) is 17.6 Å². The Bertz CT molecular complexity index is 586. The summed E-state index contributed by atoms with van der Waals surface area (Å²) in [6.45, 7) is 7.34. The molecule has 4 nitrogen and oxygen atoms in total. The summed E-state index contributed by atoms with van der Waals surface area (Å²) in [5, 5.41) is 0. The fraction of sp³-hybridized carbons (Fsp3) is 0.625. The topological polar surface area (TPSA) is 63.4 Å². The van der Waals surface area contributed by atoms with Gasteiger partial charge in [-0.2, -0.15) is 4.31 Å². The molecule has 2 N–H and O–H groups in total. The molecule has 1 saturated heterocycles. The van der Waals surface area contributed by atoms with E-state index >= 15 is 0 Å². The Balaban J connectivity index is 2.20. The van der Waals surface area contributed by atoms with E-state index in [0.29, 0.717) is 24.9 Å². The third kappa shape index (κ3) is 3.84. The molecule has 0 aliphatic carbocycles. The highest BCUT2D eigenvalue weighted by atomic mass is 32.2. The summed E-state index contributed by atoms with van der Waals surface area (Å²) in [6, 6.07) is 7.61. The van der Waals surface area contributed by atoms with Crippen LogP contribution in [0, 0.1) is 11.8 Å². The summed E-state index contributed by atoms with van der Waals surface area (Å²) in [5.74, 6) is 0.880. The van der Waals surface area contributed by atoms with E-state index in [2.05, 4.69) is 13.8 Å². The first-order valence-corrected chi connectivity index (χ1v) is 9.22. The highest BCUT2D eigenvalue weighted by Gasteiger charge is 2.36. The van der Waals surface area contributed by atoms with Crippen molar-refractivity contribution in [2.75, 3.05) is 6.54 Å². The van der Waals surface area contributed by atoms with Crippen LogP contribution in [0.25, 0.3) is 0 Å². The highest BCUT2D eigenvalue weighted by molar-refractivity contribution is 7.88. The first-order valence-electron chi connectivity index (χ1n) is 7.61. The molecule has 0 saturated carbocycles. The Kier molecular flexibility index (Phi) is 5.07. The first kappa shape index (κ1) is 16.5. The normalized spacial score (nSPS) is 27.7. The molecule has 1 aromatic rings. The van der Waals surface area contributed by atoms with Gasteiger partial charge in [0, 0.05) is 19.1 Å². The summed E-state index contributed by atoms with van der Waals surface area (Å²) in [5.41, 5.74) is 7.41. The van der Waals surface area contributed by atoms with Crippen molar-refractivity contribution in [1.29, 1.82) is 0 Å². The molecule has 0 spiro atoms. The fourth-order valence-electron chi connectivity index (χ4n) is 3.17. The minimum absolute atomic E-state index is 0.0601. The van der Waals surface area contributed by atoms with Gasteiger partial charge in [0.05, 0.1) is 5.75 Å². The molecule has 0 aromatic heterocycles. The third-order valence-corrected chi connectivity index (χ3v) is 6.37. The van der Waals surface area contributed by atoms with Crippen LogP contribution in [0.4, 0.5) is 0 Å². The van der Waals surface area contributed by atoms with Crippen LogP contribution in [-0.4, -0.2) is 25.3 Å². The van der Waals surface area contributed by atoms with Crippen LogP contribution in [0.5, 0.6) is 0 Å². The lowest BCUT2D eigenvalue weighted by Crippen LogP contribution is -2.49. The maximum atomic E-state index is 12.8. The first-order chi connectivity index (χ1) is 9.83. The van der Waals surface area contributed by atoms with Gasteiger partial charge >= 0.3 is 0 Å². The Hall–Kier alpha value is -0.910. The molecular weight excluding hydrogens is 284 g/mol. The number of hydrogen-bond donors (Lipinski definition) is 1. The van der Waals surface area contributed by atoms with Crippen LogP contribution in [0.2, 0.25) is 0 Å². The number of hydrogen-bond acceptors (Lipinski definition) is 3. The van der Waals surface area contributed by atoms with Gasteiger partial charge in [-0.3, -0.25) is 0 Å². The molecule has 5 heteroatoms. The number of sulfonamides is 1. The molecule has 1 fully saturated rings. The van der Waals surface area contributed by atoms with Gasteiger partial charge in [-0.1, -0.05) is 38.1 Å². The standard InChI is InChI=1S/C16H26N2O2S/c1-12-7-13(2)14(3)18(10-12)21(19,20)11-16-6-4-5-15(8-16)9-17/h4-6,8,12-14H,7,9-11,17H2,1-3H3. The molecule has 3 unspecified atom stereocenters. The Labute approximate surface area is 128 Å². The van der Waals surface area contributed by atoms with Crippen LogP contribution in [0.1, 0.15) is 38.3 Å². The average molecular weight is 310 g/mol. The summed E-state index contributed by atoms with van der Waals surface area (Å²) in [7, 11) is -3.28. The molecule has 0 bridgehead atoms. The van der Waals surface area contributed by atoms with Crippen molar-refractivity contribution in [3.8, 4) is 0 Å². The highest BCUT2D eigenvalue weighted by Crippen LogP contribution is 2.30. The van der Waals surface area contributed by atoms with Crippen LogP contribution in [0.15, 0.2) is 24.3 Å². The van der Waals surface area contributed by atoms with Crippen molar-refractivity contribution in [3.63, 3.8) is 0 Å². The lowest BCUT2D eigenvalue weighted by Gasteiger charge is -2.40. The Morgan fingerprint density at radius 1 is 1.24 bits per heavy atom. The van der Waals surface area contributed by atoms with E-state index in [1.807, 2.05) is 31.2 Å². The van der Waals surface area contributed by atoms with Gasteiger partial charge in [-0.05, 0) is 36.3 Å². The van der Waals surface area contributed by atoms with Crippen molar-refractivity contribution < 1.29 is 8.42 Å². The molecule has 2 rings (SSSR count). The molecule has 21 heavy (non-hydrogen) atoms. The number of benzene rings is 1. The quantitative estimate of drug-likeness (QED) is 0.928. The van der Waals surface area contributed by atoms with Gasteiger partial charge < -0.3 is 5.73 Å². The predicted molar refractivity (Wildman–Crippen MR) is 86.1 cm³/mol. The zero-order valence-corrected chi connectivity index (χ0v) is 13.9. The molecule has 1 aliphatic heterocycles. The van der Waals surface area contributed by atoms with Crippen LogP contribution in [-0.2, 0) is 22.3 Å². The minimum atomic E-state index is -3.28. The van der Waals surface area contributed by atoms with E-state index in [-0.39, 0.29) is 11.8 Å². The number of nitrogens with zero attached hydrogens (tertiary/aromatic N) is 1. The summed E-state index contributed by atoms with van der Waals surface area (Å²) in [6.07, 6.45) is 1.09. The molecule has 118 valence electrons. The number of nitrogens with two attached hydrogens (primary N) is 1. The van der Waals surface area contributed by atoms with Crippen LogP contribution >= 0.6 is 0 Å². The molecule has 1 aliphatic rings. The predicted octanol–water partition coefficient (Wildman–Crippen LogP) is 2.34. The second-order valence-corrected chi connectivity index (χ2v) is 8.33. The van der Waals surface area contributed by atoms with E-state index in [4.69, 9.17) is 5.73 Å². The second kappa shape index (κ2) is 6.46. The summed E-state index contributed by atoms with van der Waals surface area (Å²) >= 11 is 0. The van der Waals surface area contributed by atoms with Crippen LogP contribution < -0.4 is 5.73 Å².